The molecule has 2 N–H and O–H groups in total. The predicted molar refractivity (Wildman–Crippen MR) is 91.6 cm³/mol. The molecule has 0 unspecified atom stereocenters. The predicted octanol–water partition coefficient (Wildman–Crippen LogP) is 3.65. The molecule has 0 saturated heterocycles. The number of aliphatic carboxylic acids is 1. The van der Waals surface area contributed by atoms with Crippen LogP contribution in [0.25, 0.3) is 5.69 Å². The van der Waals surface area contributed by atoms with Crippen LogP contribution in [0, 0.1) is 0 Å². The molecule has 1 aromatic heterocycles. The molecule has 0 atom stereocenters. The zero-order chi connectivity index (χ0) is 20.2. The van der Waals surface area contributed by atoms with Gasteiger partial charge in [-0.1, -0.05) is 19.9 Å². The maximum absolute atomic E-state index is 12.7. The van der Waals surface area contributed by atoms with Crippen molar-refractivity contribution in [3.63, 3.8) is 0 Å². The lowest BCUT2D eigenvalue weighted by molar-refractivity contribution is -0.141. The lowest BCUT2D eigenvalue weighted by atomic mass is 9.88. The third-order valence-electron chi connectivity index (χ3n) is 4.47. The Morgan fingerprint density at radius 2 is 1.85 bits per heavy atom. The number of hydrogen-bond acceptors (Lipinski definition) is 3. The standard InChI is InChI=1S/C18H20F3N3O3/c1-3-17(4-2,11-15(25)26)22-16(27)12-6-5-7-13(10-12)24-9-8-14(23-24)18(19,20)21/h5-10H,3-4,11H2,1-2H3,(H,22,27)(H,25,26). The van der Waals surface area contributed by atoms with Crippen molar-refractivity contribution in [1.82, 2.24) is 15.1 Å². The third-order valence-corrected chi connectivity index (χ3v) is 4.47. The summed E-state index contributed by atoms with van der Waals surface area (Å²) in [6.45, 7) is 3.57. The second-order valence-corrected chi connectivity index (χ2v) is 6.21. The zero-order valence-corrected chi connectivity index (χ0v) is 14.9. The van der Waals surface area contributed by atoms with E-state index >= 15 is 0 Å². The minimum atomic E-state index is -4.56. The molecule has 0 saturated carbocycles. The normalized spacial score (nSPS) is 12.0. The number of hydrogen-bond donors (Lipinski definition) is 2. The smallest absolute Gasteiger partial charge is 0.435 e. The average Bonchev–Trinajstić information content (AvgIpc) is 3.11. The highest BCUT2D eigenvalue weighted by molar-refractivity contribution is 5.95. The van der Waals surface area contributed by atoms with Gasteiger partial charge in [0, 0.05) is 11.8 Å². The average molecular weight is 383 g/mol. The van der Waals surface area contributed by atoms with Crippen LogP contribution in [0.1, 0.15) is 49.2 Å². The molecular weight excluding hydrogens is 363 g/mol. The maximum Gasteiger partial charge on any atom is 0.435 e. The summed E-state index contributed by atoms with van der Waals surface area (Å²) in [6.07, 6.45) is -2.77. The Morgan fingerprint density at radius 3 is 2.37 bits per heavy atom. The molecule has 0 fully saturated rings. The van der Waals surface area contributed by atoms with E-state index in [1.54, 1.807) is 13.8 Å². The summed E-state index contributed by atoms with van der Waals surface area (Å²) in [5, 5.41) is 15.3. The van der Waals surface area contributed by atoms with Crippen molar-refractivity contribution in [2.45, 2.75) is 44.8 Å². The minimum Gasteiger partial charge on any atom is -0.481 e. The first kappa shape index (κ1) is 20.5. The van der Waals surface area contributed by atoms with Crippen LogP contribution in [0.15, 0.2) is 36.5 Å². The molecule has 146 valence electrons. The molecule has 1 heterocycles. The highest BCUT2D eigenvalue weighted by Gasteiger charge is 2.34. The summed E-state index contributed by atoms with van der Waals surface area (Å²) in [6, 6.07) is 6.80. The van der Waals surface area contributed by atoms with Gasteiger partial charge < -0.3 is 10.4 Å². The number of halogens is 3. The van der Waals surface area contributed by atoms with Gasteiger partial charge in [-0.25, -0.2) is 4.68 Å². The van der Waals surface area contributed by atoms with Gasteiger partial charge in [0.2, 0.25) is 0 Å². The van der Waals surface area contributed by atoms with Gasteiger partial charge in [0.15, 0.2) is 5.69 Å². The number of carbonyl (C=O) groups excluding carboxylic acids is 1. The first-order chi connectivity index (χ1) is 12.6. The Hall–Kier alpha value is -2.84. The molecule has 1 amide bonds. The molecule has 0 aliphatic carbocycles. The van der Waals surface area contributed by atoms with Crippen LogP contribution in [0.2, 0.25) is 0 Å². The summed E-state index contributed by atoms with van der Waals surface area (Å²) < 4.78 is 39.1. The Kier molecular flexibility index (Phi) is 5.92. The van der Waals surface area contributed by atoms with E-state index in [1.807, 2.05) is 0 Å². The molecule has 1 aromatic carbocycles. The summed E-state index contributed by atoms with van der Waals surface area (Å²) in [4.78, 5) is 23.7. The molecule has 9 heteroatoms. The van der Waals surface area contributed by atoms with Crippen LogP contribution in [0.3, 0.4) is 0 Å². The van der Waals surface area contributed by atoms with Gasteiger partial charge in [0.25, 0.3) is 5.91 Å². The second kappa shape index (κ2) is 7.81. The highest BCUT2D eigenvalue weighted by Crippen LogP contribution is 2.28. The first-order valence-corrected chi connectivity index (χ1v) is 8.38. The molecule has 27 heavy (non-hydrogen) atoms. The van der Waals surface area contributed by atoms with Gasteiger partial charge in [0.1, 0.15) is 0 Å². The van der Waals surface area contributed by atoms with Crippen molar-refractivity contribution in [2.24, 2.45) is 0 Å². The summed E-state index contributed by atoms with van der Waals surface area (Å²) in [5.74, 6) is -1.52. The number of aromatic nitrogens is 2. The molecule has 0 radical (unpaired) electrons. The van der Waals surface area contributed by atoms with E-state index in [1.165, 1.54) is 24.3 Å². The van der Waals surface area contributed by atoms with Crippen molar-refractivity contribution in [3.05, 3.63) is 47.8 Å². The fraction of sp³-hybridized carbons (Fsp3) is 0.389. The lowest BCUT2D eigenvalue weighted by Crippen LogP contribution is -2.49. The Bertz CT molecular complexity index is 826. The van der Waals surface area contributed by atoms with Crippen LogP contribution in [0.4, 0.5) is 13.2 Å². The quantitative estimate of drug-likeness (QED) is 0.764. The van der Waals surface area contributed by atoms with E-state index in [9.17, 15) is 22.8 Å². The number of carboxylic acid groups (broad SMARTS) is 1. The minimum absolute atomic E-state index is 0.202. The van der Waals surface area contributed by atoms with Gasteiger partial charge in [-0.15, -0.1) is 0 Å². The number of nitrogens with one attached hydrogen (secondary N) is 1. The van der Waals surface area contributed by atoms with Crippen molar-refractivity contribution < 1.29 is 27.9 Å². The highest BCUT2D eigenvalue weighted by atomic mass is 19.4. The number of amides is 1. The Morgan fingerprint density at radius 1 is 1.19 bits per heavy atom. The number of carbonyl (C=O) groups is 2. The van der Waals surface area contributed by atoms with E-state index in [0.717, 1.165) is 16.9 Å². The van der Waals surface area contributed by atoms with Crippen molar-refractivity contribution in [3.8, 4) is 5.69 Å². The van der Waals surface area contributed by atoms with Crippen LogP contribution in [0.5, 0.6) is 0 Å². The maximum atomic E-state index is 12.7. The van der Waals surface area contributed by atoms with E-state index in [-0.39, 0.29) is 17.7 Å². The number of carboxylic acids is 1. The van der Waals surface area contributed by atoms with E-state index in [4.69, 9.17) is 5.11 Å². The molecule has 2 aromatic rings. The van der Waals surface area contributed by atoms with Crippen LogP contribution >= 0.6 is 0 Å². The first-order valence-electron chi connectivity index (χ1n) is 8.38. The fourth-order valence-electron chi connectivity index (χ4n) is 2.73. The van der Waals surface area contributed by atoms with E-state index in [0.29, 0.717) is 12.8 Å². The molecule has 0 aliphatic heterocycles. The molecule has 2 rings (SSSR count). The van der Waals surface area contributed by atoms with Gasteiger partial charge in [-0.05, 0) is 37.1 Å². The van der Waals surface area contributed by atoms with Crippen molar-refractivity contribution >= 4 is 11.9 Å². The van der Waals surface area contributed by atoms with Crippen molar-refractivity contribution in [2.75, 3.05) is 0 Å². The van der Waals surface area contributed by atoms with Gasteiger partial charge in [-0.2, -0.15) is 18.3 Å². The third kappa shape index (κ3) is 4.87. The largest absolute Gasteiger partial charge is 0.481 e. The van der Waals surface area contributed by atoms with Gasteiger partial charge in [0.05, 0.1) is 17.6 Å². The van der Waals surface area contributed by atoms with E-state index < -0.39 is 29.3 Å². The monoisotopic (exact) mass is 383 g/mol. The second-order valence-electron chi connectivity index (χ2n) is 6.21. The number of alkyl halides is 3. The van der Waals surface area contributed by atoms with E-state index in [2.05, 4.69) is 10.4 Å². The lowest BCUT2D eigenvalue weighted by Gasteiger charge is -2.31. The fourth-order valence-corrected chi connectivity index (χ4v) is 2.73. The SMILES string of the molecule is CCC(CC)(CC(=O)O)NC(=O)c1cccc(-n2ccc(C(F)(F)F)n2)c1. The zero-order valence-electron chi connectivity index (χ0n) is 14.9. The number of nitrogens with zero attached hydrogens (tertiary/aromatic N) is 2. The topological polar surface area (TPSA) is 84.2 Å². The summed E-state index contributed by atoms with van der Waals surface area (Å²) in [7, 11) is 0. The molecular formula is C18H20F3N3O3. The van der Waals surface area contributed by atoms with Crippen molar-refractivity contribution in [1.29, 1.82) is 0 Å². The Labute approximate surface area is 154 Å². The van der Waals surface area contributed by atoms with Crippen LogP contribution < -0.4 is 5.32 Å². The molecule has 0 aliphatic rings. The van der Waals surface area contributed by atoms with Crippen LogP contribution in [-0.4, -0.2) is 32.3 Å². The van der Waals surface area contributed by atoms with Crippen LogP contribution in [-0.2, 0) is 11.0 Å². The summed E-state index contributed by atoms with van der Waals surface area (Å²) in [5.41, 5.74) is -1.44. The summed E-state index contributed by atoms with van der Waals surface area (Å²) >= 11 is 0. The molecule has 0 bridgehead atoms. The number of rotatable bonds is 7. The molecule has 6 nitrogen and oxygen atoms in total. The molecule has 0 spiro atoms. The number of benzene rings is 1. The Balaban J connectivity index is 2.27. The van der Waals surface area contributed by atoms with Gasteiger partial charge in [-0.3, -0.25) is 9.59 Å². The van der Waals surface area contributed by atoms with Gasteiger partial charge >= 0.3 is 12.1 Å².